The van der Waals surface area contributed by atoms with Crippen LogP contribution in [0.1, 0.15) is 65.9 Å². The Morgan fingerprint density at radius 2 is 1.97 bits per heavy atom. The van der Waals surface area contributed by atoms with E-state index in [0.717, 1.165) is 35.0 Å². The first kappa shape index (κ1) is 20.4. The molecule has 0 N–H and O–H groups in total. The van der Waals surface area contributed by atoms with Crippen molar-refractivity contribution in [3.05, 3.63) is 40.9 Å². The number of fused-ring (bicyclic) bond motifs is 1. The van der Waals surface area contributed by atoms with E-state index < -0.39 is 0 Å². The van der Waals surface area contributed by atoms with Gasteiger partial charge < -0.3 is 4.90 Å². The van der Waals surface area contributed by atoms with Crippen LogP contribution in [0, 0.1) is 19.8 Å². The average molecular weight is 409 g/mol. The van der Waals surface area contributed by atoms with Crippen molar-refractivity contribution < 1.29 is 9.59 Å². The van der Waals surface area contributed by atoms with Crippen LogP contribution in [-0.2, 0) is 11.2 Å². The highest BCUT2D eigenvalue weighted by molar-refractivity contribution is 5.95. The predicted molar refractivity (Wildman–Crippen MR) is 112 cm³/mol. The number of aryl methyl sites for hydroxylation is 2. The molecule has 0 aromatic carbocycles. The minimum Gasteiger partial charge on any atom is -0.337 e. The molecule has 30 heavy (non-hydrogen) atoms. The van der Waals surface area contributed by atoms with Crippen LogP contribution in [0.4, 0.5) is 5.82 Å². The standard InChI is InChI=1S/C22H28N6O2/c1-13(2)11-28-19(29)6-5-17-15(4)25-20(26-21(17)28)16-7-8-27(12-16)22(30)18-10-23-14(3)9-24-18/h9-10,13,16H,5-8,11-12H2,1-4H3/t16-/m1/s1. The molecule has 0 spiro atoms. The maximum absolute atomic E-state index is 12.8. The van der Waals surface area contributed by atoms with Crippen LogP contribution in [0.3, 0.4) is 0 Å². The van der Waals surface area contributed by atoms with E-state index in [4.69, 9.17) is 9.97 Å². The van der Waals surface area contributed by atoms with E-state index in [-0.39, 0.29) is 17.7 Å². The number of hydrogen-bond donors (Lipinski definition) is 0. The Hall–Kier alpha value is -2.90. The average Bonchev–Trinajstić information content (AvgIpc) is 3.20. The Labute approximate surface area is 176 Å². The summed E-state index contributed by atoms with van der Waals surface area (Å²) in [7, 11) is 0. The highest BCUT2D eigenvalue weighted by Crippen LogP contribution is 2.32. The Bertz CT molecular complexity index is 972. The van der Waals surface area contributed by atoms with E-state index in [2.05, 4.69) is 23.8 Å². The second-order valence-corrected chi connectivity index (χ2v) is 8.65. The fraction of sp³-hybridized carbons (Fsp3) is 0.545. The normalized spacial score (nSPS) is 18.8. The van der Waals surface area contributed by atoms with Gasteiger partial charge >= 0.3 is 0 Å². The minimum absolute atomic E-state index is 0.0503. The first-order chi connectivity index (χ1) is 14.3. The molecule has 0 radical (unpaired) electrons. The van der Waals surface area contributed by atoms with E-state index in [1.54, 1.807) is 11.1 Å². The van der Waals surface area contributed by atoms with Crippen molar-refractivity contribution in [3.63, 3.8) is 0 Å². The molecule has 1 atom stereocenters. The summed E-state index contributed by atoms with van der Waals surface area (Å²) in [5.41, 5.74) is 3.15. The maximum atomic E-state index is 12.8. The molecule has 2 aromatic rings. The van der Waals surface area contributed by atoms with Gasteiger partial charge in [-0.15, -0.1) is 0 Å². The second kappa shape index (κ2) is 8.08. The van der Waals surface area contributed by atoms with Gasteiger partial charge in [0.1, 0.15) is 17.3 Å². The molecule has 4 heterocycles. The number of likely N-dealkylation sites (tertiary alicyclic amines) is 1. The number of hydrogen-bond acceptors (Lipinski definition) is 6. The Balaban J connectivity index is 1.57. The van der Waals surface area contributed by atoms with E-state index in [9.17, 15) is 9.59 Å². The third kappa shape index (κ3) is 3.91. The molecule has 0 bridgehead atoms. The van der Waals surface area contributed by atoms with Crippen LogP contribution in [0.25, 0.3) is 0 Å². The zero-order chi connectivity index (χ0) is 21.4. The fourth-order valence-corrected chi connectivity index (χ4v) is 4.16. The molecule has 2 aliphatic rings. The number of carbonyl (C=O) groups is 2. The number of aromatic nitrogens is 4. The van der Waals surface area contributed by atoms with Crippen molar-refractivity contribution in [2.24, 2.45) is 5.92 Å². The smallest absolute Gasteiger partial charge is 0.274 e. The SMILES string of the molecule is Cc1cnc(C(=O)N2CC[C@@H](c3nc(C)c4c(n3)N(CC(C)C)C(=O)CC4)C2)cn1. The van der Waals surface area contributed by atoms with Gasteiger partial charge in [-0.1, -0.05) is 13.8 Å². The van der Waals surface area contributed by atoms with E-state index >= 15 is 0 Å². The van der Waals surface area contributed by atoms with Crippen molar-refractivity contribution in [2.75, 3.05) is 24.5 Å². The van der Waals surface area contributed by atoms with Gasteiger partial charge in [-0.25, -0.2) is 15.0 Å². The van der Waals surface area contributed by atoms with Crippen molar-refractivity contribution in [3.8, 4) is 0 Å². The second-order valence-electron chi connectivity index (χ2n) is 8.65. The third-order valence-electron chi connectivity index (χ3n) is 5.74. The summed E-state index contributed by atoms with van der Waals surface area (Å²) in [5.74, 6) is 1.90. The van der Waals surface area contributed by atoms with Gasteiger partial charge in [0, 0.05) is 49.4 Å². The van der Waals surface area contributed by atoms with Gasteiger partial charge in [-0.3, -0.25) is 19.5 Å². The van der Waals surface area contributed by atoms with Crippen molar-refractivity contribution in [1.29, 1.82) is 0 Å². The molecule has 2 aromatic heterocycles. The zero-order valence-corrected chi connectivity index (χ0v) is 18.1. The Kier molecular flexibility index (Phi) is 5.49. The van der Waals surface area contributed by atoms with Gasteiger partial charge in [0.2, 0.25) is 5.91 Å². The number of rotatable bonds is 4. The van der Waals surface area contributed by atoms with Crippen molar-refractivity contribution in [2.45, 2.75) is 52.9 Å². The molecule has 4 rings (SSSR count). The summed E-state index contributed by atoms with van der Waals surface area (Å²) in [5, 5.41) is 0. The number of amides is 2. The summed E-state index contributed by atoms with van der Waals surface area (Å²) in [4.78, 5) is 47.0. The maximum Gasteiger partial charge on any atom is 0.274 e. The van der Waals surface area contributed by atoms with Gasteiger partial charge in [0.15, 0.2) is 0 Å². The van der Waals surface area contributed by atoms with Gasteiger partial charge in [0.25, 0.3) is 5.91 Å². The lowest BCUT2D eigenvalue weighted by molar-refractivity contribution is -0.119. The molecule has 0 unspecified atom stereocenters. The van der Waals surface area contributed by atoms with Crippen LogP contribution in [0.2, 0.25) is 0 Å². The van der Waals surface area contributed by atoms with Crippen LogP contribution < -0.4 is 4.90 Å². The fourth-order valence-electron chi connectivity index (χ4n) is 4.16. The summed E-state index contributed by atoms with van der Waals surface area (Å²) in [6, 6.07) is 0. The largest absolute Gasteiger partial charge is 0.337 e. The number of nitrogens with zero attached hydrogens (tertiary/aromatic N) is 6. The van der Waals surface area contributed by atoms with Gasteiger partial charge in [0.05, 0.1) is 11.9 Å². The van der Waals surface area contributed by atoms with Gasteiger partial charge in [-0.05, 0) is 32.6 Å². The van der Waals surface area contributed by atoms with Crippen molar-refractivity contribution >= 4 is 17.6 Å². The Morgan fingerprint density at radius 3 is 2.67 bits per heavy atom. The molecule has 2 aliphatic heterocycles. The quantitative estimate of drug-likeness (QED) is 0.772. The number of carbonyl (C=O) groups excluding carboxylic acids is 2. The van der Waals surface area contributed by atoms with E-state index in [1.165, 1.54) is 6.20 Å². The minimum atomic E-state index is -0.115. The topological polar surface area (TPSA) is 92.2 Å². The zero-order valence-electron chi connectivity index (χ0n) is 18.1. The first-order valence-electron chi connectivity index (χ1n) is 10.6. The summed E-state index contributed by atoms with van der Waals surface area (Å²) in [6.45, 7) is 9.88. The van der Waals surface area contributed by atoms with Crippen LogP contribution in [0.15, 0.2) is 12.4 Å². The molecule has 8 heteroatoms. The third-order valence-corrected chi connectivity index (χ3v) is 5.74. The van der Waals surface area contributed by atoms with E-state index in [0.29, 0.717) is 44.1 Å². The van der Waals surface area contributed by atoms with Crippen LogP contribution in [0.5, 0.6) is 0 Å². The molecule has 8 nitrogen and oxygen atoms in total. The van der Waals surface area contributed by atoms with E-state index in [1.807, 2.05) is 18.7 Å². The highest BCUT2D eigenvalue weighted by Gasteiger charge is 2.33. The summed E-state index contributed by atoms with van der Waals surface area (Å²) >= 11 is 0. The first-order valence-corrected chi connectivity index (χ1v) is 10.6. The summed E-state index contributed by atoms with van der Waals surface area (Å²) in [6.07, 6.45) is 5.13. The lowest BCUT2D eigenvalue weighted by Crippen LogP contribution is -2.39. The lowest BCUT2D eigenvalue weighted by atomic mass is 10.0. The highest BCUT2D eigenvalue weighted by atomic mass is 16.2. The molecule has 2 amide bonds. The molecular weight excluding hydrogens is 380 g/mol. The van der Waals surface area contributed by atoms with Crippen molar-refractivity contribution in [1.82, 2.24) is 24.8 Å². The number of anilines is 1. The monoisotopic (exact) mass is 408 g/mol. The predicted octanol–water partition coefficient (Wildman–Crippen LogP) is 2.45. The van der Waals surface area contributed by atoms with Gasteiger partial charge in [-0.2, -0.15) is 0 Å². The summed E-state index contributed by atoms with van der Waals surface area (Å²) < 4.78 is 0. The molecule has 158 valence electrons. The molecule has 1 saturated heterocycles. The molecule has 1 fully saturated rings. The molecule has 0 aliphatic carbocycles. The lowest BCUT2D eigenvalue weighted by Gasteiger charge is -2.31. The van der Waals surface area contributed by atoms with Crippen LogP contribution in [-0.4, -0.2) is 56.3 Å². The Morgan fingerprint density at radius 1 is 1.17 bits per heavy atom. The molecule has 0 saturated carbocycles. The van der Waals surface area contributed by atoms with Crippen LogP contribution >= 0.6 is 0 Å². The molecular formula is C22H28N6O2.